The predicted molar refractivity (Wildman–Crippen MR) is 78.5 cm³/mol. The minimum atomic E-state index is 0.0197. The Labute approximate surface area is 118 Å². The fourth-order valence-corrected chi connectivity index (χ4v) is 1.94. The second-order valence-corrected chi connectivity index (χ2v) is 5.04. The number of amides is 1. The van der Waals surface area contributed by atoms with Gasteiger partial charge in [-0.05, 0) is 48.7 Å². The third-order valence-electron chi connectivity index (χ3n) is 3.28. The summed E-state index contributed by atoms with van der Waals surface area (Å²) in [6, 6.07) is 11.9. The Balaban J connectivity index is 1.56. The zero-order valence-electron chi connectivity index (χ0n) is 11.2. The van der Waals surface area contributed by atoms with E-state index < -0.39 is 0 Å². The lowest BCUT2D eigenvalue weighted by molar-refractivity contribution is 0.0951. The number of carbonyl (C=O) groups excluding carboxylic acids is 1. The van der Waals surface area contributed by atoms with Gasteiger partial charge in [-0.2, -0.15) is 0 Å². The van der Waals surface area contributed by atoms with E-state index in [1.165, 1.54) is 0 Å². The highest BCUT2D eigenvalue weighted by atomic mass is 16.1. The van der Waals surface area contributed by atoms with Crippen molar-refractivity contribution < 1.29 is 4.79 Å². The molecule has 0 aliphatic heterocycles. The Morgan fingerprint density at radius 2 is 2.00 bits per heavy atom. The molecular weight excluding hydrogens is 250 g/mol. The molecule has 2 N–H and O–H groups in total. The van der Waals surface area contributed by atoms with Gasteiger partial charge in [0.2, 0.25) is 0 Å². The number of pyridine rings is 1. The number of aromatic nitrogens is 1. The summed E-state index contributed by atoms with van der Waals surface area (Å²) in [5.74, 6) is 0.0197. The molecule has 0 saturated heterocycles. The van der Waals surface area contributed by atoms with E-state index in [0.717, 1.165) is 30.6 Å². The van der Waals surface area contributed by atoms with Crippen LogP contribution in [0.1, 0.15) is 28.8 Å². The Kier molecular flexibility index (Phi) is 3.63. The molecule has 1 aromatic carbocycles. The van der Waals surface area contributed by atoms with Crippen LogP contribution in [0.3, 0.4) is 0 Å². The maximum Gasteiger partial charge on any atom is 0.251 e. The monoisotopic (exact) mass is 267 g/mol. The van der Waals surface area contributed by atoms with Gasteiger partial charge in [0.15, 0.2) is 0 Å². The molecule has 0 bridgehead atoms. The molecule has 1 heterocycles. The van der Waals surface area contributed by atoms with Crippen molar-refractivity contribution in [1.29, 1.82) is 0 Å². The van der Waals surface area contributed by atoms with Crippen LogP contribution in [0.4, 0.5) is 5.69 Å². The van der Waals surface area contributed by atoms with Crippen molar-refractivity contribution in [1.82, 2.24) is 10.3 Å². The molecule has 0 unspecified atom stereocenters. The summed E-state index contributed by atoms with van der Waals surface area (Å²) < 4.78 is 0. The van der Waals surface area contributed by atoms with Crippen LogP contribution in [-0.4, -0.2) is 16.9 Å². The summed E-state index contributed by atoms with van der Waals surface area (Å²) in [6.45, 7) is 0.724. The molecular formula is C16H17N3O. The van der Waals surface area contributed by atoms with E-state index in [2.05, 4.69) is 15.6 Å². The molecule has 1 saturated carbocycles. The highest BCUT2D eigenvalue weighted by Crippen LogP contribution is 2.19. The lowest BCUT2D eigenvalue weighted by Gasteiger charge is -2.07. The smallest absolute Gasteiger partial charge is 0.251 e. The van der Waals surface area contributed by atoms with E-state index in [1.54, 1.807) is 6.20 Å². The van der Waals surface area contributed by atoms with Gasteiger partial charge in [0.05, 0.1) is 0 Å². The minimum absolute atomic E-state index is 0.0197. The van der Waals surface area contributed by atoms with Crippen molar-refractivity contribution in [2.45, 2.75) is 25.4 Å². The van der Waals surface area contributed by atoms with E-state index in [1.807, 2.05) is 42.6 Å². The Morgan fingerprint density at radius 3 is 2.65 bits per heavy atom. The summed E-state index contributed by atoms with van der Waals surface area (Å²) in [5.41, 5.74) is 2.84. The minimum Gasteiger partial charge on any atom is -0.381 e. The molecule has 3 rings (SSSR count). The van der Waals surface area contributed by atoms with Gasteiger partial charge in [-0.15, -0.1) is 0 Å². The second kappa shape index (κ2) is 5.74. The lowest BCUT2D eigenvalue weighted by atomic mass is 10.2. The average molecular weight is 267 g/mol. The maximum atomic E-state index is 11.8. The van der Waals surface area contributed by atoms with Gasteiger partial charge in [0.1, 0.15) is 0 Å². The van der Waals surface area contributed by atoms with Crippen molar-refractivity contribution in [3.8, 4) is 0 Å². The van der Waals surface area contributed by atoms with E-state index in [0.29, 0.717) is 11.6 Å². The van der Waals surface area contributed by atoms with Crippen molar-refractivity contribution >= 4 is 11.6 Å². The molecule has 0 spiro atoms. The molecule has 4 heteroatoms. The number of carbonyl (C=O) groups is 1. The first kappa shape index (κ1) is 12.7. The van der Waals surface area contributed by atoms with E-state index in [9.17, 15) is 4.79 Å². The standard InChI is InChI=1S/C16H17N3O/c20-16(19-15-7-8-15)13-3-5-14(6-4-13)18-11-12-2-1-9-17-10-12/h1-6,9-10,15,18H,7-8,11H2,(H,19,20). The summed E-state index contributed by atoms with van der Waals surface area (Å²) in [6.07, 6.45) is 5.81. The molecule has 1 fully saturated rings. The third-order valence-corrected chi connectivity index (χ3v) is 3.28. The molecule has 4 nitrogen and oxygen atoms in total. The molecule has 1 aliphatic rings. The summed E-state index contributed by atoms with van der Waals surface area (Å²) in [5, 5.41) is 6.29. The highest BCUT2D eigenvalue weighted by Gasteiger charge is 2.23. The topological polar surface area (TPSA) is 54.0 Å². The zero-order valence-corrected chi connectivity index (χ0v) is 11.2. The van der Waals surface area contributed by atoms with Gasteiger partial charge >= 0.3 is 0 Å². The van der Waals surface area contributed by atoms with Gasteiger partial charge in [-0.1, -0.05) is 6.07 Å². The first-order valence-corrected chi connectivity index (χ1v) is 6.85. The molecule has 1 amide bonds. The molecule has 1 aliphatic carbocycles. The number of rotatable bonds is 5. The van der Waals surface area contributed by atoms with Gasteiger partial charge in [-0.25, -0.2) is 0 Å². The van der Waals surface area contributed by atoms with Crippen molar-refractivity contribution in [3.05, 3.63) is 59.9 Å². The quantitative estimate of drug-likeness (QED) is 0.875. The van der Waals surface area contributed by atoms with Crippen LogP contribution in [0.15, 0.2) is 48.8 Å². The second-order valence-electron chi connectivity index (χ2n) is 5.04. The van der Waals surface area contributed by atoms with Crippen LogP contribution in [0.5, 0.6) is 0 Å². The van der Waals surface area contributed by atoms with Gasteiger partial charge in [0.25, 0.3) is 5.91 Å². The number of nitrogens with one attached hydrogen (secondary N) is 2. The van der Waals surface area contributed by atoms with Crippen LogP contribution >= 0.6 is 0 Å². The summed E-state index contributed by atoms with van der Waals surface area (Å²) >= 11 is 0. The molecule has 102 valence electrons. The summed E-state index contributed by atoms with van der Waals surface area (Å²) in [7, 11) is 0. The third kappa shape index (κ3) is 3.35. The normalized spacial score (nSPS) is 13.8. The highest BCUT2D eigenvalue weighted by molar-refractivity contribution is 5.94. The van der Waals surface area contributed by atoms with Crippen LogP contribution in [0.2, 0.25) is 0 Å². The van der Waals surface area contributed by atoms with Crippen LogP contribution in [-0.2, 0) is 6.54 Å². The van der Waals surface area contributed by atoms with Gasteiger partial charge < -0.3 is 10.6 Å². The van der Waals surface area contributed by atoms with Crippen molar-refractivity contribution in [3.63, 3.8) is 0 Å². The SMILES string of the molecule is O=C(NC1CC1)c1ccc(NCc2cccnc2)cc1. The average Bonchev–Trinajstić information content (AvgIpc) is 3.31. The number of hydrogen-bond donors (Lipinski definition) is 2. The molecule has 0 atom stereocenters. The molecule has 0 radical (unpaired) electrons. The Hall–Kier alpha value is -2.36. The zero-order chi connectivity index (χ0) is 13.8. The molecule has 20 heavy (non-hydrogen) atoms. The fourth-order valence-electron chi connectivity index (χ4n) is 1.94. The largest absolute Gasteiger partial charge is 0.381 e. The Bertz CT molecular complexity index is 576. The number of nitrogens with zero attached hydrogens (tertiary/aromatic N) is 1. The van der Waals surface area contributed by atoms with Gasteiger partial charge in [0, 0.05) is 36.2 Å². The summed E-state index contributed by atoms with van der Waals surface area (Å²) in [4.78, 5) is 15.9. The van der Waals surface area contributed by atoms with Crippen molar-refractivity contribution in [2.75, 3.05) is 5.32 Å². The van der Waals surface area contributed by atoms with Gasteiger partial charge in [-0.3, -0.25) is 9.78 Å². The van der Waals surface area contributed by atoms with E-state index in [-0.39, 0.29) is 5.91 Å². The van der Waals surface area contributed by atoms with E-state index >= 15 is 0 Å². The number of anilines is 1. The van der Waals surface area contributed by atoms with Crippen LogP contribution < -0.4 is 10.6 Å². The fraction of sp³-hybridized carbons (Fsp3) is 0.250. The van der Waals surface area contributed by atoms with Crippen LogP contribution in [0, 0.1) is 0 Å². The van der Waals surface area contributed by atoms with Crippen LogP contribution in [0.25, 0.3) is 0 Å². The molecule has 1 aromatic heterocycles. The van der Waals surface area contributed by atoms with E-state index in [4.69, 9.17) is 0 Å². The Morgan fingerprint density at radius 1 is 1.20 bits per heavy atom. The maximum absolute atomic E-state index is 11.8. The molecule has 2 aromatic rings. The first-order chi connectivity index (χ1) is 9.81. The lowest BCUT2D eigenvalue weighted by Crippen LogP contribution is -2.25. The predicted octanol–water partition coefficient (Wildman–Crippen LogP) is 2.59. The van der Waals surface area contributed by atoms with Crippen molar-refractivity contribution in [2.24, 2.45) is 0 Å². The number of hydrogen-bond acceptors (Lipinski definition) is 3. The number of benzene rings is 1. The first-order valence-electron chi connectivity index (χ1n) is 6.85.